The Morgan fingerprint density at radius 1 is 1.00 bits per heavy atom. The van der Waals surface area contributed by atoms with Gasteiger partial charge >= 0.3 is 141 Å². The van der Waals surface area contributed by atoms with Crippen LogP contribution in [0, 0.1) is 33.0 Å². The van der Waals surface area contributed by atoms with Gasteiger partial charge in [-0.25, -0.2) is 0 Å². The first kappa shape index (κ1) is 17.3. The van der Waals surface area contributed by atoms with E-state index in [1.165, 1.54) is 25.7 Å². The van der Waals surface area contributed by atoms with Gasteiger partial charge in [-0.3, -0.25) is 0 Å². The topological polar surface area (TPSA) is 26.0 Å². The van der Waals surface area contributed by atoms with Crippen molar-refractivity contribution in [3.63, 3.8) is 0 Å². The summed E-state index contributed by atoms with van der Waals surface area (Å²) in [5.41, 5.74) is 1.42. The van der Waals surface area contributed by atoms with E-state index in [0.717, 1.165) is 42.6 Å². The molecular weight excluding hydrogens is 407 g/mol. The molecule has 1 atom stereocenters. The SMILES string of the molecule is CC1CCC(C2CC=C(c3ccc([I-]N)c(F)c3F)CC2)CC1. The van der Waals surface area contributed by atoms with E-state index in [-0.39, 0.29) is 0 Å². The van der Waals surface area contributed by atoms with Crippen molar-refractivity contribution in [2.45, 2.75) is 51.9 Å². The molecule has 1 aromatic carbocycles. The van der Waals surface area contributed by atoms with Gasteiger partial charge in [0.1, 0.15) is 0 Å². The molecule has 1 nitrogen and oxygen atoms in total. The fourth-order valence-electron chi connectivity index (χ4n) is 4.14. The van der Waals surface area contributed by atoms with Crippen molar-refractivity contribution in [3.05, 3.63) is 39.0 Å². The van der Waals surface area contributed by atoms with Crippen LogP contribution in [-0.4, -0.2) is 0 Å². The van der Waals surface area contributed by atoms with E-state index in [1.807, 2.05) is 0 Å². The fourth-order valence-corrected chi connectivity index (χ4v) is 5.04. The number of nitrogens with two attached hydrogens (primary N) is 1. The van der Waals surface area contributed by atoms with Gasteiger partial charge in [-0.2, -0.15) is 0 Å². The molecule has 0 spiro atoms. The molecule has 2 aliphatic rings. The fraction of sp³-hybridized carbons (Fsp3) is 0.579. The van der Waals surface area contributed by atoms with Crippen molar-refractivity contribution >= 4 is 5.57 Å². The molecule has 0 saturated heterocycles. The van der Waals surface area contributed by atoms with Crippen LogP contribution in [0.25, 0.3) is 5.57 Å². The van der Waals surface area contributed by atoms with Gasteiger partial charge in [-0.15, -0.1) is 0 Å². The molecule has 2 aliphatic carbocycles. The van der Waals surface area contributed by atoms with Crippen LogP contribution in [0.4, 0.5) is 8.78 Å². The van der Waals surface area contributed by atoms with Gasteiger partial charge in [0.25, 0.3) is 0 Å². The maximum absolute atomic E-state index is 14.3. The number of halogens is 3. The Morgan fingerprint density at radius 2 is 1.74 bits per heavy atom. The average Bonchev–Trinajstić information content (AvgIpc) is 2.58. The Balaban J connectivity index is 1.71. The van der Waals surface area contributed by atoms with Crippen LogP contribution in [0.3, 0.4) is 0 Å². The van der Waals surface area contributed by atoms with Crippen LogP contribution < -0.4 is 25.4 Å². The normalized spacial score (nSPS) is 28.7. The van der Waals surface area contributed by atoms with Crippen LogP contribution in [0.15, 0.2) is 18.2 Å². The predicted molar refractivity (Wildman–Crippen MR) is 85.7 cm³/mol. The standard InChI is InChI=1S/C19H25F2IN/c1-12-2-4-13(5-3-12)14-6-8-15(9-7-14)16-10-11-17(22-23)19(21)18(16)20/h8,10-14H,2-7,9,23H2,1H3/q-1. The summed E-state index contributed by atoms with van der Waals surface area (Å²) < 4.78 is 34.1. The summed E-state index contributed by atoms with van der Waals surface area (Å²) >= 11 is -0.915. The number of hydrogen-bond acceptors (Lipinski definition) is 1. The molecule has 0 aromatic heterocycles. The first-order valence-corrected chi connectivity index (χ1v) is 10.9. The third kappa shape index (κ3) is 3.78. The molecule has 4 heteroatoms. The summed E-state index contributed by atoms with van der Waals surface area (Å²) in [6, 6.07) is 3.38. The van der Waals surface area contributed by atoms with E-state index in [1.54, 1.807) is 12.1 Å². The Bertz CT molecular complexity index is 591. The molecule has 0 radical (unpaired) electrons. The van der Waals surface area contributed by atoms with Crippen molar-refractivity contribution < 1.29 is 30.3 Å². The van der Waals surface area contributed by atoms with Gasteiger partial charge in [0.2, 0.25) is 0 Å². The molecule has 0 aliphatic heterocycles. The van der Waals surface area contributed by atoms with Gasteiger partial charge < -0.3 is 0 Å². The molecule has 1 saturated carbocycles. The zero-order chi connectivity index (χ0) is 16.4. The van der Waals surface area contributed by atoms with Gasteiger partial charge in [-0.1, -0.05) is 6.92 Å². The summed E-state index contributed by atoms with van der Waals surface area (Å²) in [7, 11) is 0. The van der Waals surface area contributed by atoms with Crippen LogP contribution in [-0.2, 0) is 0 Å². The third-order valence-electron chi connectivity index (χ3n) is 5.68. The molecule has 1 unspecified atom stereocenters. The third-order valence-corrected chi connectivity index (χ3v) is 7.18. The number of benzene rings is 1. The zero-order valence-corrected chi connectivity index (χ0v) is 15.8. The quantitative estimate of drug-likeness (QED) is 0.442. The van der Waals surface area contributed by atoms with Crippen LogP contribution in [0.1, 0.15) is 57.4 Å². The van der Waals surface area contributed by atoms with E-state index in [0.29, 0.717) is 9.13 Å². The second kappa shape index (κ2) is 7.60. The Morgan fingerprint density at radius 3 is 2.35 bits per heavy atom. The molecular formula is C19H25F2IN-. The summed E-state index contributed by atoms with van der Waals surface area (Å²) in [5, 5.41) is 0. The molecule has 0 heterocycles. The summed E-state index contributed by atoms with van der Waals surface area (Å²) in [6.45, 7) is 2.35. The molecule has 0 bridgehead atoms. The molecule has 2 N–H and O–H groups in total. The first-order chi connectivity index (χ1) is 11.1. The van der Waals surface area contributed by atoms with Crippen LogP contribution >= 0.6 is 0 Å². The molecule has 1 fully saturated rings. The monoisotopic (exact) mass is 432 g/mol. The van der Waals surface area contributed by atoms with Crippen molar-refractivity contribution in [2.24, 2.45) is 21.7 Å². The van der Waals surface area contributed by atoms with Crippen molar-refractivity contribution in [2.75, 3.05) is 0 Å². The number of hydrogen-bond donors (Lipinski definition) is 1. The molecule has 1 aromatic rings. The zero-order valence-electron chi connectivity index (χ0n) is 13.6. The summed E-state index contributed by atoms with van der Waals surface area (Å²) in [5.74, 6) is 0.996. The second-order valence-electron chi connectivity index (χ2n) is 7.12. The van der Waals surface area contributed by atoms with Gasteiger partial charge in [0.15, 0.2) is 0 Å². The molecule has 128 valence electrons. The predicted octanol–water partition coefficient (Wildman–Crippen LogP) is 2.11. The average molecular weight is 432 g/mol. The second-order valence-corrected chi connectivity index (χ2v) is 8.90. The maximum atomic E-state index is 14.3. The van der Waals surface area contributed by atoms with Crippen LogP contribution in [0.2, 0.25) is 0 Å². The van der Waals surface area contributed by atoms with Gasteiger partial charge in [0, 0.05) is 0 Å². The number of allylic oxidation sites excluding steroid dienone is 2. The van der Waals surface area contributed by atoms with E-state index in [4.69, 9.17) is 3.95 Å². The molecule has 3 rings (SSSR count). The Hall–Kier alpha value is -0.490. The minimum atomic E-state index is -0.915. The van der Waals surface area contributed by atoms with Gasteiger partial charge in [-0.05, 0) is 0 Å². The first-order valence-electron chi connectivity index (χ1n) is 8.61. The van der Waals surface area contributed by atoms with E-state index >= 15 is 0 Å². The number of rotatable bonds is 3. The molecule has 23 heavy (non-hydrogen) atoms. The van der Waals surface area contributed by atoms with E-state index in [9.17, 15) is 8.78 Å². The summed E-state index contributed by atoms with van der Waals surface area (Å²) in [6.07, 6.45) is 10.5. The van der Waals surface area contributed by atoms with E-state index < -0.39 is 33.1 Å². The van der Waals surface area contributed by atoms with Gasteiger partial charge in [0.05, 0.1) is 0 Å². The molecule has 0 amide bonds. The summed E-state index contributed by atoms with van der Waals surface area (Å²) in [4.78, 5) is 0. The van der Waals surface area contributed by atoms with Crippen molar-refractivity contribution in [3.8, 4) is 0 Å². The van der Waals surface area contributed by atoms with Crippen molar-refractivity contribution in [1.29, 1.82) is 0 Å². The van der Waals surface area contributed by atoms with Crippen LogP contribution in [0.5, 0.6) is 0 Å². The Kier molecular flexibility index (Phi) is 5.73. The Labute approximate surface area is 148 Å². The van der Waals surface area contributed by atoms with Crippen molar-refractivity contribution in [1.82, 2.24) is 0 Å². The van der Waals surface area contributed by atoms with E-state index in [2.05, 4.69) is 13.0 Å². The minimum absolute atomic E-state index is 0.357.